The summed E-state index contributed by atoms with van der Waals surface area (Å²) in [6, 6.07) is 19.6. The average molecular weight is 549 g/mol. The van der Waals surface area contributed by atoms with Gasteiger partial charge in [0.2, 0.25) is 0 Å². The highest BCUT2D eigenvalue weighted by Gasteiger charge is 2.36. The van der Waals surface area contributed by atoms with E-state index in [1.807, 2.05) is 71.1 Å². The topological polar surface area (TPSA) is 107 Å². The molecule has 1 amide bonds. The number of pyridine rings is 2. The van der Waals surface area contributed by atoms with E-state index in [2.05, 4.69) is 4.98 Å². The molecular formula is C29H21FN8OS. The number of carbonyl (C=O) groups is 1. The molecule has 1 atom stereocenters. The van der Waals surface area contributed by atoms with Crippen molar-refractivity contribution >= 4 is 34.8 Å². The number of nitrogens with zero attached hydrogens (tertiary/aromatic N) is 7. The summed E-state index contributed by atoms with van der Waals surface area (Å²) in [7, 11) is 0. The van der Waals surface area contributed by atoms with Crippen molar-refractivity contribution in [1.29, 1.82) is 0 Å². The molecule has 0 spiro atoms. The molecule has 0 saturated carbocycles. The molecule has 0 saturated heterocycles. The Bertz CT molecular complexity index is 1950. The number of hydrogen-bond acceptors (Lipinski definition) is 7. The van der Waals surface area contributed by atoms with Crippen molar-refractivity contribution in [3.8, 4) is 22.6 Å². The van der Waals surface area contributed by atoms with Gasteiger partial charge < -0.3 is 10.6 Å². The van der Waals surface area contributed by atoms with E-state index >= 15 is 0 Å². The summed E-state index contributed by atoms with van der Waals surface area (Å²) in [6.45, 7) is 1.86. The maximum Gasteiger partial charge on any atom is 0.256 e. The van der Waals surface area contributed by atoms with Crippen molar-refractivity contribution in [3.05, 3.63) is 114 Å². The van der Waals surface area contributed by atoms with Gasteiger partial charge in [-0.2, -0.15) is 5.10 Å². The maximum atomic E-state index is 13.7. The lowest BCUT2D eigenvalue weighted by molar-refractivity contribution is -0.113. The van der Waals surface area contributed by atoms with E-state index in [1.165, 1.54) is 23.9 Å². The monoisotopic (exact) mass is 548 g/mol. The zero-order valence-electron chi connectivity index (χ0n) is 21.1. The van der Waals surface area contributed by atoms with Gasteiger partial charge in [0.1, 0.15) is 28.2 Å². The number of halogens is 1. The van der Waals surface area contributed by atoms with Crippen LogP contribution in [0.5, 0.6) is 0 Å². The molecule has 196 valence electrons. The van der Waals surface area contributed by atoms with Crippen molar-refractivity contribution in [2.75, 3.05) is 4.90 Å². The van der Waals surface area contributed by atoms with Crippen LogP contribution in [0.4, 0.5) is 10.2 Å². The predicted octanol–water partition coefficient (Wildman–Crippen LogP) is 5.21. The van der Waals surface area contributed by atoms with Gasteiger partial charge in [0.25, 0.3) is 5.91 Å². The molecule has 6 heterocycles. The third-order valence-corrected chi connectivity index (χ3v) is 8.23. The minimum Gasteiger partial charge on any atom is -0.365 e. The standard InChI is InChI=1S/C29H21FN8OS/c1-17-27(28(31)39)40-29(19-5-4-13-32-15-19)38(17)24-16-37-23(33-24)12-11-21(35-37)26-25(18-7-9-20(30)10-8-18)34-22-6-2-3-14-36(22)26/h2-16,29H,1H3,(H2,31,39). The second kappa shape index (κ2) is 9.31. The molecule has 6 aromatic rings. The summed E-state index contributed by atoms with van der Waals surface area (Å²) >= 11 is 1.38. The molecule has 7 rings (SSSR count). The fourth-order valence-corrected chi connectivity index (χ4v) is 6.22. The molecule has 11 heteroatoms. The number of imidazole rings is 2. The van der Waals surface area contributed by atoms with Crippen molar-refractivity contribution in [1.82, 2.24) is 29.0 Å². The van der Waals surface area contributed by atoms with Gasteiger partial charge in [0.05, 0.1) is 16.8 Å². The number of benzene rings is 1. The third kappa shape index (κ3) is 3.90. The third-order valence-electron chi connectivity index (χ3n) is 6.79. The number of amides is 1. The first-order valence-electron chi connectivity index (χ1n) is 12.4. The average Bonchev–Trinajstić information content (AvgIpc) is 3.66. The largest absolute Gasteiger partial charge is 0.365 e. The zero-order valence-corrected chi connectivity index (χ0v) is 22.0. The highest BCUT2D eigenvalue weighted by molar-refractivity contribution is 8.04. The van der Waals surface area contributed by atoms with Crippen LogP contribution in [-0.2, 0) is 4.79 Å². The van der Waals surface area contributed by atoms with Gasteiger partial charge in [0.15, 0.2) is 11.5 Å². The summed E-state index contributed by atoms with van der Waals surface area (Å²) in [5.41, 5.74) is 11.6. The quantitative estimate of drug-likeness (QED) is 0.315. The van der Waals surface area contributed by atoms with E-state index in [-0.39, 0.29) is 11.2 Å². The van der Waals surface area contributed by atoms with Crippen LogP contribution in [0.25, 0.3) is 33.9 Å². The summed E-state index contributed by atoms with van der Waals surface area (Å²) < 4.78 is 17.4. The highest BCUT2D eigenvalue weighted by atomic mass is 32.2. The highest BCUT2D eigenvalue weighted by Crippen LogP contribution is 2.49. The van der Waals surface area contributed by atoms with Gasteiger partial charge in [0, 0.05) is 35.4 Å². The number of rotatable bonds is 5. The molecule has 1 aliphatic heterocycles. The number of anilines is 1. The molecule has 1 aromatic carbocycles. The molecule has 1 unspecified atom stereocenters. The van der Waals surface area contributed by atoms with Gasteiger partial charge in [-0.25, -0.2) is 18.9 Å². The lowest BCUT2D eigenvalue weighted by Crippen LogP contribution is -2.21. The van der Waals surface area contributed by atoms with Crippen molar-refractivity contribution in [2.24, 2.45) is 5.73 Å². The number of carbonyl (C=O) groups excluding carboxylic acids is 1. The number of nitrogens with two attached hydrogens (primary N) is 1. The van der Waals surface area contributed by atoms with Crippen LogP contribution >= 0.6 is 11.8 Å². The van der Waals surface area contributed by atoms with Crippen LogP contribution in [0.15, 0.2) is 102 Å². The van der Waals surface area contributed by atoms with Crippen molar-refractivity contribution < 1.29 is 9.18 Å². The van der Waals surface area contributed by atoms with Crippen LogP contribution in [0.1, 0.15) is 17.9 Å². The van der Waals surface area contributed by atoms with Gasteiger partial charge >= 0.3 is 0 Å². The normalized spacial score (nSPS) is 15.4. The van der Waals surface area contributed by atoms with E-state index in [9.17, 15) is 9.18 Å². The fourth-order valence-electron chi connectivity index (χ4n) is 4.96. The lowest BCUT2D eigenvalue weighted by Gasteiger charge is -2.25. The molecule has 0 fully saturated rings. The molecule has 0 aliphatic carbocycles. The lowest BCUT2D eigenvalue weighted by atomic mass is 10.1. The fraction of sp³-hybridized carbons (Fsp3) is 0.0690. The molecular weight excluding hydrogens is 527 g/mol. The SMILES string of the molecule is CC1=C(C(N)=O)SC(c2cccnc2)N1c1cn2nc(-c3c(-c4ccc(F)cc4)nc4ccccn34)ccc2n1. The minimum atomic E-state index is -0.482. The number of allylic oxidation sites excluding steroid dienone is 1. The van der Waals surface area contributed by atoms with Gasteiger partial charge in [-0.15, -0.1) is 0 Å². The van der Waals surface area contributed by atoms with E-state index in [4.69, 9.17) is 20.8 Å². The molecule has 2 N–H and O–H groups in total. The van der Waals surface area contributed by atoms with E-state index in [0.29, 0.717) is 27.8 Å². The Hall–Kier alpha value is -5.03. The summed E-state index contributed by atoms with van der Waals surface area (Å²) in [6.07, 6.45) is 7.24. The number of thioether (sulfide) groups is 1. The molecule has 1 aliphatic rings. The smallest absolute Gasteiger partial charge is 0.256 e. The van der Waals surface area contributed by atoms with E-state index in [0.717, 1.165) is 28.2 Å². The van der Waals surface area contributed by atoms with Crippen LogP contribution in [0.2, 0.25) is 0 Å². The summed E-state index contributed by atoms with van der Waals surface area (Å²) in [5, 5.41) is 4.65. The second-order valence-corrected chi connectivity index (χ2v) is 10.4. The Morgan fingerprint density at radius 3 is 2.62 bits per heavy atom. The Labute approximate surface area is 231 Å². The Morgan fingerprint density at radius 2 is 1.85 bits per heavy atom. The number of hydrogen-bond donors (Lipinski definition) is 1. The first kappa shape index (κ1) is 24.0. The first-order valence-corrected chi connectivity index (χ1v) is 13.3. The van der Waals surface area contributed by atoms with Crippen LogP contribution in [0.3, 0.4) is 0 Å². The van der Waals surface area contributed by atoms with Gasteiger partial charge in [-0.3, -0.25) is 14.2 Å². The first-order chi connectivity index (χ1) is 19.5. The zero-order chi connectivity index (χ0) is 27.4. The number of fused-ring (bicyclic) bond motifs is 2. The second-order valence-electron chi connectivity index (χ2n) is 9.27. The summed E-state index contributed by atoms with van der Waals surface area (Å²) in [5.74, 6) is -0.172. The van der Waals surface area contributed by atoms with E-state index in [1.54, 1.807) is 29.0 Å². The summed E-state index contributed by atoms with van der Waals surface area (Å²) in [4.78, 5) is 28.6. The van der Waals surface area contributed by atoms with Crippen molar-refractivity contribution in [2.45, 2.75) is 12.3 Å². The Morgan fingerprint density at radius 1 is 1.00 bits per heavy atom. The molecule has 0 radical (unpaired) electrons. The molecule has 5 aromatic heterocycles. The van der Waals surface area contributed by atoms with Crippen LogP contribution in [-0.4, -0.2) is 34.9 Å². The van der Waals surface area contributed by atoms with Gasteiger partial charge in [-0.05, 0) is 61.5 Å². The number of primary amides is 1. The van der Waals surface area contributed by atoms with Gasteiger partial charge in [-0.1, -0.05) is 23.9 Å². The Kier molecular flexibility index (Phi) is 5.60. The van der Waals surface area contributed by atoms with Crippen LogP contribution in [0, 0.1) is 5.82 Å². The maximum absolute atomic E-state index is 13.7. The molecule has 40 heavy (non-hydrogen) atoms. The van der Waals surface area contributed by atoms with E-state index < -0.39 is 5.91 Å². The Balaban J connectivity index is 1.36. The van der Waals surface area contributed by atoms with Crippen molar-refractivity contribution in [3.63, 3.8) is 0 Å². The predicted molar refractivity (Wildman–Crippen MR) is 152 cm³/mol. The minimum absolute atomic E-state index is 0.260. The number of aromatic nitrogens is 6. The van der Waals surface area contributed by atoms with Crippen LogP contribution < -0.4 is 10.6 Å². The molecule has 9 nitrogen and oxygen atoms in total. The molecule has 0 bridgehead atoms.